The molecule has 7 N–H and O–H groups in total. The average Bonchev–Trinajstić information content (AvgIpc) is 2.64. The number of rotatable bonds is 2. The van der Waals surface area contributed by atoms with Gasteiger partial charge in [0.05, 0.1) is 6.07 Å². The van der Waals surface area contributed by atoms with E-state index in [1.807, 2.05) is 5.32 Å². The average molecular weight is 242 g/mol. The summed E-state index contributed by atoms with van der Waals surface area (Å²) < 4.78 is 4.43. The molecule has 0 saturated carbocycles. The molecule has 10 nitrogen and oxygen atoms in total. The lowest BCUT2D eigenvalue weighted by molar-refractivity contribution is -0.402. The first kappa shape index (κ1) is 14.1. The maximum Gasteiger partial charge on any atom is 0.433 e. The van der Waals surface area contributed by atoms with E-state index in [0.717, 1.165) is 6.07 Å². The highest BCUT2D eigenvalue weighted by atomic mass is 16.6. The van der Waals surface area contributed by atoms with E-state index in [9.17, 15) is 14.9 Å². The van der Waals surface area contributed by atoms with Gasteiger partial charge < -0.3 is 15.9 Å². The molecule has 1 aromatic heterocycles. The van der Waals surface area contributed by atoms with Crippen LogP contribution in [0.3, 0.4) is 0 Å². The summed E-state index contributed by atoms with van der Waals surface area (Å²) in [5.41, 5.74) is 9.49. The summed E-state index contributed by atoms with van der Waals surface area (Å²) in [6.07, 6.45) is 0.410. The molecule has 0 aliphatic carbocycles. The van der Waals surface area contributed by atoms with Gasteiger partial charge in [-0.2, -0.15) is 0 Å². The molecule has 0 aliphatic heterocycles. The number of nitrogens with two attached hydrogens (primary N) is 2. The Hall–Kier alpha value is -2.91. The largest absolute Gasteiger partial charge is 0.433 e. The fraction of sp³-hybridized carbons (Fsp3) is 0. The molecule has 0 saturated heterocycles. The normalized spacial score (nSPS) is 8.47. The zero-order valence-electron chi connectivity index (χ0n) is 8.47. The number of carbonyl (C=O) groups excluding carboxylic acids is 1. The van der Waals surface area contributed by atoms with E-state index >= 15 is 0 Å². The maximum atomic E-state index is 9.93. The summed E-state index contributed by atoms with van der Waals surface area (Å²) >= 11 is 0. The summed E-state index contributed by atoms with van der Waals surface area (Å²) in [5, 5.41) is 24.9. The van der Waals surface area contributed by atoms with Gasteiger partial charge in [0, 0.05) is 0 Å². The Kier molecular flexibility index (Phi) is 5.43. The van der Waals surface area contributed by atoms with Crippen molar-refractivity contribution in [1.82, 2.24) is 5.32 Å². The molecule has 1 rings (SSSR count). The molecule has 10 heteroatoms. The zero-order chi connectivity index (χ0) is 13.4. The van der Waals surface area contributed by atoms with Crippen LogP contribution in [0.25, 0.3) is 0 Å². The van der Waals surface area contributed by atoms with Crippen LogP contribution in [0.5, 0.6) is 0 Å². The highest BCUT2D eigenvalue weighted by Crippen LogP contribution is 2.13. The van der Waals surface area contributed by atoms with Crippen molar-refractivity contribution in [3.63, 3.8) is 0 Å². The van der Waals surface area contributed by atoms with Gasteiger partial charge in [0.2, 0.25) is 0 Å². The fourth-order valence-corrected chi connectivity index (χ4v) is 0.649. The minimum atomic E-state index is -0.701. The van der Waals surface area contributed by atoms with Crippen molar-refractivity contribution >= 4 is 24.1 Å². The predicted octanol–water partition coefficient (Wildman–Crippen LogP) is -0.637. The van der Waals surface area contributed by atoms with Crippen molar-refractivity contribution < 1.29 is 14.1 Å². The fourth-order valence-electron chi connectivity index (χ4n) is 0.649. The van der Waals surface area contributed by atoms with E-state index in [-0.39, 0.29) is 17.7 Å². The first-order valence-corrected chi connectivity index (χ1v) is 4.01. The monoisotopic (exact) mass is 242 g/mol. The van der Waals surface area contributed by atoms with Crippen LogP contribution in [0.15, 0.2) is 16.5 Å². The van der Waals surface area contributed by atoms with Crippen LogP contribution in [-0.4, -0.2) is 23.1 Å². The van der Waals surface area contributed by atoms with Crippen LogP contribution in [-0.2, 0) is 0 Å². The van der Waals surface area contributed by atoms with Gasteiger partial charge in [-0.3, -0.25) is 31.0 Å². The van der Waals surface area contributed by atoms with E-state index in [0.29, 0.717) is 6.29 Å². The minimum absolute atomic E-state index is 0.0355. The van der Waals surface area contributed by atoms with Gasteiger partial charge in [-0.05, 0) is 6.07 Å². The molecule has 1 aromatic rings. The Morgan fingerprint density at radius 2 is 1.94 bits per heavy atom. The van der Waals surface area contributed by atoms with Crippen LogP contribution in [0.1, 0.15) is 10.6 Å². The van der Waals surface area contributed by atoms with E-state index in [1.54, 1.807) is 0 Å². The number of guanidine groups is 2. The molecule has 1 heterocycles. The van der Waals surface area contributed by atoms with Gasteiger partial charge in [-0.1, -0.05) is 0 Å². The van der Waals surface area contributed by atoms with Gasteiger partial charge >= 0.3 is 5.88 Å². The van der Waals surface area contributed by atoms with Crippen LogP contribution in [0, 0.1) is 20.9 Å². The predicted molar refractivity (Wildman–Crippen MR) is 57.7 cm³/mol. The second-order valence-electron chi connectivity index (χ2n) is 2.50. The number of furan rings is 1. The summed E-state index contributed by atoms with van der Waals surface area (Å²) in [6.45, 7) is 0. The summed E-state index contributed by atoms with van der Waals surface area (Å²) in [4.78, 5) is 19.2. The Morgan fingerprint density at radius 1 is 1.41 bits per heavy atom. The van der Waals surface area contributed by atoms with Crippen LogP contribution >= 0.6 is 0 Å². The lowest BCUT2D eigenvalue weighted by Crippen LogP contribution is -2.39. The smallest absolute Gasteiger partial charge is 0.398 e. The zero-order valence-corrected chi connectivity index (χ0v) is 8.47. The van der Waals surface area contributed by atoms with Crippen molar-refractivity contribution in [2.45, 2.75) is 0 Å². The number of hydrogen-bond donors (Lipinski definition) is 5. The molecule has 0 atom stereocenters. The second kappa shape index (κ2) is 6.55. The summed E-state index contributed by atoms with van der Waals surface area (Å²) in [6, 6.07) is 2.37. The van der Waals surface area contributed by atoms with Crippen molar-refractivity contribution in [1.29, 1.82) is 10.8 Å². The third-order valence-electron chi connectivity index (χ3n) is 1.18. The van der Waals surface area contributed by atoms with Gasteiger partial charge in [-0.25, -0.2) is 0 Å². The highest BCUT2D eigenvalue weighted by molar-refractivity contribution is 5.93. The molecule has 0 radical (unpaired) electrons. The second-order valence-corrected chi connectivity index (χ2v) is 2.50. The highest BCUT2D eigenvalue weighted by Gasteiger charge is 2.10. The third kappa shape index (κ3) is 6.22. The maximum absolute atomic E-state index is 9.93. The van der Waals surface area contributed by atoms with Crippen LogP contribution < -0.4 is 16.8 Å². The van der Waals surface area contributed by atoms with Gasteiger partial charge in [0.25, 0.3) is 0 Å². The van der Waals surface area contributed by atoms with E-state index in [4.69, 9.17) is 22.3 Å². The summed E-state index contributed by atoms with van der Waals surface area (Å²) in [5.74, 6) is -1.08. The quantitative estimate of drug-likeness (QED) is 0.150. The molecular weight excluding hydrogens is 232 g/mol. The van der Waals surface area contributed by atoms with Crippen molar-refractivity contribution in [3.05, 3.63) is 28.0 Å². The Bertz CT molecular complexity index is 427. The first-order chi connectivity index (χ1) is 7.86. The number of nitrogens with one attached hydrogen (secondary N) is 3. The van der Waals surface area contributed by atoms with E-state index < -0.39 is 10.8 Å². The Labute approximate surface area is 94.7 Å². The number of nitro groups is 1. The van der Waals surface area contributed by atoms with Gasteiger partial charge in [0.15, 0.2) is 24.0 Å². The molecule has 0 fully saturated rings. The minimum Gasteiger partial charge on any atom is -0.398 e. The summed E-state index contributed by atoms with van der Waals surface area (Å²) in [7, 11) is 0. The molecule has 0 unspecified atom stereocenters. The Morgan fingerprint density at radius 3 is 2.12 bits per heavy atom. The number of hydrogen-bond acceptors (Lipinski definition) is 6. The van der Waals surface area contributed by atoms with E-state index in [1.165, 1.54) is 6.07 Å². The molecule has 0 aliphatic rings. The molecule has 17 heavy (non-hydrogen) atoms. The molecule has 0 aromatic carbocycles. The van der Waals surface area contributed by atoms with Crippen LogP contribution in [0.2, 0.25) is 0 Å². The SMILES string of the molecule is N=C(N)NC(=N)N.O=Cc1ccc([N+](=O)[O-])o1. The number of carbonyl (C=O) groups is 1. The van der Waals surface area contributed by atoms with Crippen molar-refractivity contribution in [2.24, 2.45) is 11.5 Å². The van der Waals surface area contributed by atoms with Crippen molar-refractivity contribution in [3.8, 4) is 0 Å². The standard InChI is InChI=1S/C5H3NO4.C2H7N5/c7-3-4-1-2-5(10-4)6(8)9;3-1(4)7-2(5)6/h1-3H;(H7,3,4,5,6,7). The number of aldehydes is 1. The molecule has 0 spiro atoms. The van der Waals surface area contributed by atoms with E-state index in [2.05, 4.69) is 4.42 Å². The topological polar surface area (TPSA) is 185 Å². The van der Waals surface area contributed by atoms with Crippen molar-refractivity contribution in [2.75, 3.05) is 0 Å². The molecule has 0 bridgehead atoms. The molecule has 0 amide bonds. The lowest BCUT2D eigenvalue weighted by Gasteiger charge is -1.95. The molecule has 92 valence electrons. The van der Waals surface area contributed by atoms with Gasteiger partial charge in [0.1, 0.15) is 4.92 Å². The Balaban J connectivity index is 0.000000325. The first-order valence-electron chi connectivity index (χ1n) is 4.01. The van der Waals surface area contributed by atoms with Gasteiger partial charge in [-0.15, -0.1) is 0 Å². The third-order valence-corrected chi connectivity index (χ3v) is 1.18. The van der Waals surface area contributed by atoms with Crippen LogP contribution in [0.4, 0.5) is 5.88 Å². The number of nitrogens with zero attached hydrogens (tertiary/aromatic N) is 1. The lowest BCUT2D eigenvalue weighted by atomic mass is 10.5. The molecular formula is C7H10N6O4.